The summed E-state index contributed by atoms with van der Waals surface area (Å²) >= 11 is 1.74. The number of aryl methyl sites for hydroxylation is 1. The lowest BCUT2D eigenvalue weighted by Gasteiger charge is -2.29. The minimum Gasteiger partial charge on any atom is -0.313 e. The molecule has 1 aliphatic rings. The lowest BCUT2D eigenvalue weighted by molar-refractivity contribution is 0.341. The Balaban J connectivity index is 1.29. The van der Waals surface area contributed by atoms with E-state index in [2.05, 4.69) is 102 Å². The quantitative estimate of drug-likeness (QED) is 0.339. The Morgan fingerprint density at radius 2 is 1.53 bits per heavy atom. The first-order valence-corrected chi connectivity index (χ1v) is 12.9. The minimum atomic E-state index is 0.602. The number of benzene rings is 3. The third-order valence-electron chi connectivity index (χ3n) is 6.51. The van der Waals surface area contributed by atoms with Crippen molar-refractivity contribution in [3.63, 3.8) is 0 Å². The van der Waals surface area contributed by atoms with E-state index >= 15 is 0 Å². The molecule has 0 aliphatic heterocycles. The average molecular weight is 445 g/mol. The average Bonchev–Trinajstić information content (AvgIpc) is 2.84. The fourth-order valence-corrected chi connectivity index (χ4v) is 5.63. The fourth-order valence-electron chi connectivity index (χ4n) is 4.80. The highest BCUT2D eigenvalue weighted by molar-refractivity contribution is 7.97. The second kappa shape index (κ2) is 12.2. The first-order valence-electron chi connectivity index (χ1n) is 12.0. The van der Waals surface area contributed by atoms with Crippen LogP contribution >= 0.6 is 11.9 Å². The van der Waals surface area contributed by atoms with E-state index in [1.54, 1.807) is 17.5 Å². The molecule has 3 heteroatoms. The molecule has 0 bridgehead atoms. The molecule has 4 rings (SSSR count). The van der Waals surface area contributed by atoms with Crippen molar-refractivity contribution in [2.75, 3.05) is 13.1 Å². The Morgan fingerprint density at radius 1 is 0.844 bits per heavy atom. The SMILES string of the molecule is CC(CNSc1ccccc1)CC(CNC1CCc2ccccc2C1)Cc1ccccc1. The molecule has 0 aromatic heterocycles. The lowest BCUT2D eigenvalue weighted by Crippen LogP contribution is -2.38. The Morgan fingerprint density at radius 3 is 2.31 bits per heavy atom. The van der Waals surface area contributed by atoms with Gasteiger partial charge in [0.25, 0.3) is 0 Å². The van der Waals surface area contributed by atoms with Crippen LogP contribution in [0.3, 0.4) is 0 Å². The van der Waals surface area contributed by atoms with Gasteiger partial charge in [-0.05, 0) is 91.3 Å². The van der Waals surface area contributed by atoms with Gasteiger partial charge in [0, 0.05) is 17.5 Å². The first-order chi connectivity index (χ1) is 15.8. The van der Waals surface area contributed by atoms with Gasteiger partial charge in [-0.3, -0.25) is 4.72 Å². The van der Waals surface area contributed by atoms with Crippen LogP contribution in [0.15, 0.2) is 89.8 Å². The van der Waals surface area contributed by atoms with Crippen LogP contribution in [0.5, 0.6) is 0 Å². The van der Waals surface area contributed by atoms with Crippen LogP contribution in [-0.4, -0.2) is 19.1 Å². The molecule has 0 saturated heterocycles. The maximum atomic E-state index is 3.94. The molecule has 168 valence electrons. The van der Waals surface area contributed by atoms with Gasteiger partial charge < -0.3 is 5.32 Å². The number of fused-ring (bicyclic) bond motifs is 1. The smallest absolute Gasteiger partial charge is 0.0228 e. The van der Waals surface area contributed by atoms with Crippen LogP contribution < -0.4 is 10.0 Å². The third-order valence-corrected chi connectivity index (χ3v) is 7.33. The molecule has 3 unspecified atom stereocenters. The van der Waals surface area contributed by atoms with Crippen molar-refractivity contribution in [3.05, 3.63) is 102 Å². The highest BCUT2D eigenvalue weighted by Gasteiger charge is 2.20. The molecule has 2 N–H and O–H groups in total. The summed E-state index contributed by atoms with van der Waals surface area (Å²) in [6.45, 7) is 4.51. The van der Waals surface area contributed by atoms with Crippen LogP contribution in [0.1, 0.15) is 36.5 Å². The number of hydrogen-bond donors (Lipinski definition) is 2. The predicted molar refractivity (Wildman–Crippen MR) is 138 cm³/mol. The third kappa shape index (κ3) is 7.23. The van der Waals surface area contributed by atoms with Crippen molar-refractivity contribution in [2.45, 2.75) is 50.0 Å². The topological polar surface area (TPSA) is 24.1 Å². The van der Waals surface area contributed by atoms with Crippen molar-refractivity contribution in [2.24, 2.45) is 11.8 Å². The summed E-state index contributed by atoms with van der Waals surface area (Å²) < 4.78 is 3.58. The minimum absolute atomic E-state index is 0.602. The summed E-state index contributed by atoms with van der Waals surface area (Å²) in [5.74, 6) is 1.28. The maximum absolute atomic E-state index is 3.94. The standard InChI is InChI=1S/C29H36N2S/c1-23(21-31-32-29-14-6-3-7-15-29)18-25(19-24-10-4-2-5-11-24)22-30-28-17-16-26-12-8-9-13-27(26)20-28/h2-15,23,25,28,30-31H,16-22H2,1H3. The van der Waals surface area contributed by atoms with E-state index in [0.717, 1.165) is 19.5 Å². The Hall–Kier alpha value is -2.07. The fraction of sp³-hybridized carbons (Fsp3) is 0.379. The van der Waals surface area contributed by atoms with E-state index in [1.165, 1.54) is 41.7 Å². The number of rotatable bonds is 11. The van der Waals surface area contributed by atoms with E-state index < -0.39 is 0 Å². The van der Waals surface area contributed by atoms with Gasteiger partial charge in [-0.2, -0.15) is 0 Å². The molecule has 1 aliphatic carbocycles. The molecule has 0 amide bonds. The van der Waals surface area contributed by atoms with Gasteiger partial charge in [0.15, 0.2) is 0 Å². The molecular formula is C29H36N2S. The van der Waals surface area contributed by atoms with Crippen molar-refractivity contribution in [3.8, 4) is 0 Å². The zero-order chi connectivity index (χ0) is 22.0. The summed E-state index contributed by atoms with van der Waals surface area (Å²) in [4.78, 5) is 1.28. The van der Waals surface area contributed by atoms with Gasteiger partial charge in [-0.15, -0.1) is 0 Å². The summed E-state index contributed by atoms with van der Waals surface area (Å²) in [5, 5.41) is 3.94. The summed E-state index contributed by atoms with van der Waals surface area (Å²) in [6.07, 6.45) is 5.99. The molecule has 32 heavy (non-hydrogen) atoms. The molecule has 3 aromatic carbocycles. The zero-order valence-electron chi connectivity index (χ0n) is 19.2. The van der Waals surface area contributed by atoms with E-state index in [-0.39, 0.29) is 0 Å². The van der Waals surface area contributed by atoms with Gasteiger partial charge in [-0.1, -0.05) is 79.7 Å². The van der Waals surface area contributed by atoms with Crippen LogP contribution in [0, 0.1) is 11.8 Å². The molecular weight excluding hydrogens is 408 g/mol. The Bertz CT molecular complexity index is 928. The van der Waals surface area contributed by atoms with E-state index in [1.807, 2.05) is 0 Å². The number of hydrogen-bond acceptors (Lipinski definition) is 3. The molecule has 3 aromatic rings. The molecule has 0 radical (unpaired) electrons. The largest absolute Gasteiger partial charge is 0.313 e. The highest BCUT2D eigenvalue weighted by Crippen LogP contribution is 2.23. The Labute approximate surface area is 198 Å². The first kappa shape index (κ1) is 23.1. The van der Waals surface area contributed by atoms with Crippen LogP contribution in [0.4, 0.5) is 0 Å². The Kier molecular flexibility index (Phi) is 8.84. The van der Waals surface area contributed by atoms with Crippen LogP contribution in [0.25, 0.3) is 0 Å². The van der Waals surface area contributed by atoms with Gasteiger partial charge in [0.1, 0.15) is 0 Å². The molecule has 0 spiro atoms. The van der Waals surface area contributed by atoms with Gasteiger partial charge >= 0.3 is 0 Å². The number of nitrogens with one attached hydrogen (secondary N) is 2. The summed E-state index contributed by atoms with van der Waals surface area (Å²) in [5.41, 5.74) is 4.53. The molecule has 3 atom stereocenters. The van der Waals surface area contributed by atoms with E-state index in [0.29, 0.717) is 17.9 Å². The predicted octanol–water partition coefficient (Wildman–Crippen LogP) is 6.32. The van der Waals surface area contributed by atoms with E-state index in [4.69, 9.17) is 0 Å². The molecule has 0 heterocycles. The van der Waals surface area contributed by atoms with Crippen molar-refractivity contribution < 1.29 is 0 Å². The van der Waals surface area contributed by atoms with Crippen molar-refractivity contribution in [1.29, 1.82) is 0 Å². The zero-order valence-corrected chi connectivity index (χ0v) is 20.0. The molecule has 0 saturated carbocycles. The normalized spacial score (nSPS) is 17.5. The van der Waals surface area contributed by atoms with Gasteiger partial charge in [0.05, 0.1) is 0 Å². The van der Waals surface area contributed by atoms with Crippen molar-refractivity contribution in [1.82, 2.24) is 10.0 Å². The lowest BCUT2D eigenvalue weighted by atomic mass is 9.86. The second-order valence-corrected chi connectivity index (χ2v) is 10.2. The second-order valence-electron chi connectivity index (χ2n) is 9.28. The van der Waals surface area contributed by atoms with Gasteiger partial charge in [-0.25, -0.2) is 0 Å². The van der Waals surface area contributed by atoms with Gasteiger partial charge in [0.2, 0.25) is 0 Å². The van der Waals surface area contributed by atoms with Crippen molar-refractivity contribution >= 4 is 11.9 Å². The highest BCUT2D eigenvalue weighted by atomic mass is 32.2. The summed E-state index contributed by atoms with van der Waals surface area (Å²) in [7, 11) is 0. The molecule has 0 fully saturated rings. The monoisotopic (exact) mass is 444 g/mol. The van der Waals surface area contributed by atoms with Crippen LogP contribution in [-0.2, 0) is 19.3 Å². The molecule has 2 nitrogen and oxygen atoms in total. The summed E-state index contributed by atoms with van der Waals surface area (Å²) in [6, 6.07) is 31.1. The maximum Gasteiger partial charge on any atom is 0.0228 e. The van der Waals surface area contributed by atoms with Crippen LogP contribution in [0.2, 0.25) is 0 Å². The van der Waals surface area contributed by atoms with E-state index in [9.17, 15) is 0 Å².